The van der Waals surface area contributed by atoms with Crippen LogP contribution in [0.4, 0.5) is 0 Å². The molecule has 3 rings (SSSR count). The molecule has 0 saturated carbocycles. The van der Waals surface area contributed by atoms with E-state index >= 15 is 0 Å². The Morgan fingerprint density at radius 1 is 1.28 bits per heavy atom. The van der Waals surface area contributed by atoms with E-state index in [4.69, 9.17) is 16.3 Å². The Balaban J connectivity index is 1.47. The molecule has 5 heteroatoms. The first-order valence-corrected chi connectivity index (χ1v) is 9.93. The minimum atomic E-state index is 0.225. The standard InChI is InChI=1S/C20H22ClNO2S/c1-24-19-7-5-16(6-8-19)17-9-10-22(12-17)20(23)14-25-13-15-3-2-4-18(21)11-15/h2-8,11,17H,9-10,12-14H2,1H3. The lowest BCUT2D eigenvalue weighted by molar-refractivity contribution is -0.127. The Hall–Kier alpha value is -1.65. The number of hydrogen-bond donors (Lipinski definition) is 0. The molecule has 1 aliphatic rings. The van der Waals surface area contributed by atoms with E-state index in [9.17, 15) is 4.79 Å². The Labute approximate surface area is 158 Å². The van der Waals surface area contributed by atoms with Gasteiger partial charge in [-0.1, -0.05) is 35.9 Å². The molecule has 0 spiro atoms. The van der Waals surface area contributed by atoms with E-state index in [2.05, 4.69) is 12.1 Å². The van der Waals surface area contributed by atoms with Crippen molar-refractivity contribution in [1.29, 1.82) is 0 Å². The molecule has 2 aromatic rings. The summed E-state index contributed by atoms with van der Waals surface area (Å²) in [6, 6.07) is 16.0. The SMILES string of the molecule is COc1ccc(C2CCN(C(=O)CSCc3cccc(Cl)c3)C2)cc1. The third kappa shape index (κ3) is 4.93. The molecule has 1 unspecified atom stereocenters. The number of nitrogens with zero attached hydrogens (tertiary/aromatic N) is 1. The van der Waals surface area contributed by atoms with Gasteiger partial charge in [0.1, 0.15) is 5.75 Å². The highest BCUT2D eigenvalue weighted by Crippen LogP contribution is 2.29. The summed E-state index contributed by atoms with van der Waals surface area (Å²) in [7, 11) is 1.67. The van der Waals surface area contributed by atoms with Gasteiger partial charge in [0.05, 0.1) is 12.9 Å². The Kier molecular flexibility index (Phi) is 6.27. The molecule has 1 amide bonds. The van der Waals surface area contributed by atoms with Gasteiger partial charge in [0, 0.05) is 29.8 Å². The molecule has 0 aromatic heterocycles. The van der Waals surface area contributed by atoms with E-state index in [1.165, 1.54) is 5.56 Å². The first-order valence-electron chi connectivity index (χ1n) is 8.39. The van der Waals surface area contributed by atoms with E-state index in [-0.39, 0.29) is 5.91 Å². The lowest BCUT2D eigenvalue weighted by Crippen LogP contribution is -2.30. The smallest absolute Gasteiger partial charge is 0.232 e. The van der Waals surface area contributed by atoms with Crippen LogP contribution in [0.3, 0.4) is 0 Å². The number of benzene rings is 2. The van der Waals surface area contributed by atoms with Crippen molar-refractivity contribution in [2.75, 3.05) is 26.0 Å². The molecule has 2 aromatic carbocycles. The molecule has 0 radical (unpaired) electrons. The summed E-state index contributed by atoms with van der Waals surface area (Å²) in [4.78, 5) is 14.4. The maximum atomic E-state index is 12.4. The Morgan fingerprint density at radius 3 is 2.80 bits per heavy atom. The van der Waals surface area contributed by atoms with Crippen molar-refractivity contribution in [3.63, 3.8) is 0 Å². The molecule has 1 heterocycles. The fourth-order valence-electron chi connectivity index (χ4n) is 3.11. The average molecular weight is 376 g/mol. The quantitative estimate of drug-likeness (QED) is 0.739. The van der Waals surface area contributed by atoms with Gasteiger partial charge in [-0.2, -0.15) is 0 Å². The number of thioether (sulfide) groups is 1. The highest BCUT2D eigenvalue weighted by molar-refractivity contribution is 7.99. The van der Waals surface area contributed by atoms with E-state index in [0.717, 1.165) is 41.6 Å². The fourth-order valence-corrected chi connectivity index (χ4v) is 4.20. The second kappa shape index (κ2) is 8.63. The molecule has 0 N–H and O–H groups in total. The zero-order chi connectivity index (χ0) is 17.6. The normalized spacial score (nSPS) is 16.9. The second-order valence-corrected chi connectivity index (χ2v) is 7.64. The molecular formula is C20H22ClNO2S. The van der Waals surface area contributed by atoms with Crippen molar-refractivity contribution in [2.45, 2.75) is 18.1 Å². The van der Waals surface area contributed by atoms with Gasteiger partial charge in [-0.25, -0.2) is 0 Å². The van der Waals surface area contributed by atoms with Crippen LogP contribution >= 0.6 is 23.4 Å². The molecule has 0 bridgehead atoms. The van der Waals surface area contributed by atoms with Crippen molar-refractivity contribution in [3.05, 3.63) is 64.7 Å². The van der Waals surface area contributed by atoms with Crippen molar-refractivity contribution in [3.8, 4) is 5.75 Å². The molecular weight excluding hydrogens is 354 g/mol. The lowest BCUT2D eigenvalue weighted by Gasteiger charge is -2.17. The number of carbonyl (C=O) groups is 1. The van der Waals surface area contributed by atoms with Crippen molar-refractivity contribution >= 4 is 29.3 Å². The van der Waals surface area contributed by atoms with Crippen LogP contribution in [0.5, 0.6) is 5.75 Å². The molecule has 25 heavy (non-hydrogen) atoms. The van der Waals surface area contributed by atoms with E-state index in [1.807, 2.05) is 41.3 Å². The Morgan fingerprint density at radius 2 is 2.08 bits per heavy atom. The van der Waals surface area contributed by atoms with Gasteiger partial charge in [-0.15, -0.1) is 11.8 Å². The van der Waals surface area contributed by atoms with Crippen molar-refractivity contribution < 1.29 is 9.53 Å². The van der Waals surface area contributed by atoms with Gasteiger partial charge >= 0.3 is 0 Å². The number of hydrogen-bond acceptors (Lipinski definition) is 3. The van der Waals surface area contributed by atoms with Gasteiger partial charge in [0.15, 0.2) is 0 Å². The molecule has 1 atom stereocenters. The van der Waals surface area contributed by atoms with Crippen LogP contribution in [0, 0.1) is 0 Å². The monoisotopic (exact) mass is 375 g/mol. The molecule has 0 aliphatic carbocycles. The van der Waals surface area contributed by atoms with E-state index < -0.39 is 0 Å². The Bertz CT molecular complexity index is 720. The number of likely N-dealkylation sites (tertiary alicyclic amines) is 1. The summed E-state index contributed by atoms with van der Waals surface area (Å²) >= 11 is 7.64. The first-order chi connectivity index (χ1) is 12.2. The summed E-state index contributed by atoms with van der Waals surface area (Å²) < 4.78 is 5.20. The predicted molar refractivity (Wildman–Crippen MR) is 105 cm³/mol. The number of carbonyl (C=O) groups excluding carboxylic acids is 1. The lowest BCUT2D eigenvalue weighted by atomic mass is 9.98. The molecule has 1 fully saturated rings. The summed E-state index contributed by atoms with van der Waals surface area (Å²) in [5, 5.41) is 0.742. The van der Waals surface area contributed by atoms with E-state index in [1.54, 1.807) is 18.9 Å². The largest absolute Gasteiger partial charge is 0.497 e. The average Bonchev–Trinajstić information content (AvgIpc) is 3.12. The third-order valence-corrected chi connectivity index (χ3v) is 5.74. The summed E-state index contributed by atoms with van der Waals surface area (Å²) in [5.74, 6) is 2.84. The number of ether oxygens (including phenoxy) is 1. The van der Waals surface area contributed by atoms with Gasteiger partial charge in [0.25, 0.3) is 0 Å². The van der Waals surface area contributed by atoms with Gasteiger partial charge in [-0.05, 0) is 41.8 Å². The topological polar surface area (TPSA) is 29.5 Å². The maximum Gasteiger partial charge on any atom is 0.232 e. The number of amides is 1. The zero-order valence-corrected chi connectivity index (χ0v) is 15.9. The minimum Gasteiger partial charge on any atom is -0.497 e. The van der Waals surface area contributed by atoms with Gasteiger partial charge < -0.3 is 9.64 Å². The number of halogens is 1. The highest BCUT2D eigenvalue weighted by atomic mass is 35.5. The fraction of sp³-hybridized carbons (Fsp3) is 0.350. The molecule has 1 aliphatic heterocycles. The van der Waals surface area contributed by atoms with Crippen LogP contribution in [0.2, 0.25) is 5.02 Å². The summed E-state index contributed by atoms with van der Waals surface area (Å²) in [5.41, 5.74) is 2.44. The van der Waals surface area contributed by atoms with Crippen LogP contribution in [-0.2, 0) is 10.5 Å². The molecule has 3 nitrogen and oxygen atoms in total. The second-order valence-electron chi connectivity index (χ2n) is 6.22. The molecule has 1 saturated heterocycles. The minimum absolute atomic E-state index is 0.225. The van der Waals surface area contributed by atoms with Crippen molar-refractivity contribution in [2.24, 2.45) is 0 Å². The van der Waals surface area contributed by atoms with Crippen LogP contribution < -0.4 is 4.74 Å². The van der Waals surface area contributed by atoms with E-state index in [0.29, 0.717) is 11.7 Å². The molecule has 132 valence electrons. The van der Waals surface area contributed by atoms with Crippen LogP contribution in [0.1, 0.15) is 23.5 Å². The summed E-state index contributed by atoms with van der Waals surface area (Å²) in [6.45, 7) is 1.65. The van der Waals surface area contributed by atoms with Crippen LogP contribution in [0.25, 0.3) is 0 Å². The van der Waals surface area contributed by atoms with Gasteiger partial charge in [-0.3, -0.25) is 4.79 Å². The summed E-state index contributed by atoms with van der Waals surface area (Å²) in [6.07, 6.45) is 1.02. The maximum absolute atomic E-state index is 12.4. The van der Waals surface area contributed by atoms with Crippen molar-refractivity contribution in [1.82, 2.24) is 4.90 Å². The van der Waals surface area contributed by atoms with Crippen LogP contribution in [0.15, 0.2) is 48.5 Å². The first kappa shape index (κ1) is 18.2. The predicted octanol–water partition coefficient (Wildman–Crippen LogP) is 4.60. The van der Waals surface area contributed by atoms with Crippen LogP contribution in [-0.4, -0.2) is 36.8 Å². The number of rotatable bonds is 6. The van der Waals surface area contributed by atoms with Gasteiger partial charge in [0.2, 0.25) is 5.91 Å². The third-order valence-electron chi connectivity index (χ3n) is 4.51. The number of methoxy groups -OCH3 is 1. The zero-order valence-electron chi connectivity index (χ0n) is 14.3. The highest BCUT2D eigenvalue weighted by Gasteiger charge is 2.27.